The fourth-order valence-electron chi connectivity index (χ4n) is 2.74. The number of carbonyl (C=O) groups excluding carboxylic acids is 2. The monoisotopic (exact) mass is 196 g/mol. The second-order valence-electron chi connectivity index (χ2n) is 4.24. The number of imide groups is 1. The molecule has 3 saturated heterocycles. The molecule has 0 aromatic rings. The van der Waals surface area contributed by atoms with E-state index in [0.29, 0.717) is 12.5 Å². The van der Waals surface area contributed by atoms with Gasteiger partial charge in [-0.1, -0.05) is 0 Å². The average Bonchev–Trinajstić information content (AvgIpc) is 2.65. The van der Waals surface area contributed by atoms with Crippen LogP contribution in [0.25, 0.3) is 0 Å². The van der Waals surface area contributed by atoms with E-state index in [9.17, 15) is 9.59 Å². The van der Waals surface area contributed by atoms with Crippen molar-refractivity contribution in [2.75, 3.05) is 0 Å². The second kappa shape index (κ2) is 2.48. The number of rotatable bonds is 0. The van der Waals surface area contributed by atoms with Gasteiger partial charge >= 0.3 is 6.03 Å². The summed E-state index contributed by atoms with van der Waals surface area (Å²) >= 11 is 0. The molecule has 14 heavy (non-hydrogen) atoms. The molecule has 3 amide bonds. The largest absolute Gasteiger partial charge is 0.372 e. The first-order valence-electron chi connectivity index (χ1n) is 5.00. The van der Waals surface area contributed by atoms with Crippen LogP contribution in [0.1, 0.15) is 25.7 Å². The van der Waals surface area contributed by atoms with Gasteiger partial charge in [0.1, 0.15) is 5.54 Å². The van der Waals surface area contributed by atoms with Crippen LogP contribution in [0.4, 0.5) is 4.79 Å². The van der Waals surface area contributed by atoms with E-state index in [1.807, 2.05) is 0 Å². The predicted octanol–water partition coefficient (Wildman–Crippen LogP) is -0.0940. The molecule has 0 aliphatic carbocycles. The minimum Gasteiger partial charge on any atom is -0.372 e. The molecule has 0 radical (unpaired) electrons. The minimum absolute atomic E-state index is 0.118. The molecule has 76 valence electrons. The number of ether oxygens (including phenoxy) is 1. The van der Waals surface area contributed by atoms with Crippen molar-refractivity contribution < 1.29 is 14.3 Å². The zero-order valence-electron chi connectivity index (χ0n) is 7.71. The lowest BCUT2D eigenvalue weighted by atomic mass is 9.86. The van der Waals surface area contributed by atoms with Gasteiger partial charge in [0.2, 0.25) is 0 Å². The first-order valence-corrected chi connectivity index (χ1v) is 5.00. The Bertz CT molecular complexity index is 317. The van der Waals surface area contributed by atoms with E-state index in [4.69, 9.17) is 4.74 Å². The molecule has 1 spiro atoms. The van der Waals surface area contributed by atoms with Gasteiger partial charge in [-0.15, -0.1) is 0 Å². The standard InChI is InChI=1S/C9H12N2O3/c12-7-9(11-8(13)10-7)4-3-5-1-2-6(9)14-5/h5-6H,1-4H2,(H2,10,11,12,13). The van der Waals surface area contributed by atoms with Crippen molar-refractivity contribution in [1.29, 1.82) is 0 Å². The highest BCUT2D eigenvalue weighted by Gasteiger charge is 2.57. The fraction of sp³-hybridized carbons (Fsp3) is 0.778. The van der Waals surface area contributed by atoms with E-state index in [1.54, 1.807) is 0 Å². The lowest BCUT2D eigenvalue weighted by Gasteiger charge is -2.36. The molecule has 5 heteroatoms. The Morgan fingerprint density at radius 1 is 1.29 bits per heavy atom. The second-order valence-corrected chi connectivity index (χ2v) is 4.24. The summed E-state index contributed by atoms with van der Waals surface area (Å²) in [6.07, 6.45) is 3.64. The van der Waals surface area contributed by atoms with Crippen molar-refractivity contribution in [3.8, 4) is 0 Å². The molecule has 3 heterocycles. The van der Waals surface area contributed by atoms with Crippen molar-refractivity contribution >= 4 is 11.9 Å². The van der Waals surface area contributed by atoms with Crippen LogP contribution in [0, 0.1) is 0 Å². The van der Waals surface area contributed by atoms with E-state index in [2.05, 4.69) is 10.6 Å². The maximum atomic E-state index is 11.7. The van der Waals surface area contributed by atoms with Crippen molar-refractivity contribution in [2.45, 2.75) is 43.4 Å². The third-order valence-corrected chi connectivity index (χ3v) is 3.49. The number of nitrogens with one attached hydrogen (secondary N) is 2. The Morgan fingerprint density at radius 3 is 2.86 bits per heavy atom. The van der Waals surface area contributed by atoms with Gasteiger partial charge in [0, 0.05) is 0 Å². The Kier molecular flexibility index (Phi) is 1.45. The normalized spacial score (nSPS) is 45.4. The summed E-state index contributed by atoms with van der Waals surface area (Å²) in [7, 11) is 0. The Hall–Kier alpha value is -1.10. The summed E-state index contributed by atoms with van der Waals surface area (Å²) in [4.78, 5) is 22.8. The SMILES string of the molecule is O=C1NC(=O)C2(CCC3CCC2O3)N1. The summed E-state index contributed by atoms with van der Waals surface area (Å²) in [6.45, 7) is 0. The van der Waals surface area contributed by atoms with Gasteiger partial charge in [0.15, 0.2) is 0 Å². The highest BCUT2D eigenvalue weighted by Crippen LogP contribution is 2.40. The van der Waals surface area contributed by atoms with Gasteiger partial charge in [-0.2, -0.15) is 0 Å². The van der Waals surface area contributed by atoms with Crippen LogP contribution in [0.3, 0.4) is 0 Å². The number of hydrogen-bond acceptors (Lipinski definition) is 3. The van der Waals surface area contributed by atoms with Gasteiger partial charge in [-0.25, -0.2) is 4.79 Å². The summed E-state index contributed by atoms with van der Waals surface area (Å²) in [5.41, 5.74) is -0.760. The number of hydrogen-bond donors (Lipinski definition) is 2. The van der Waals surface area contributed by atoms with E-state index >= 15 is 0 Å². The lowest BCUT2D eigenvalue weighted by Crippen LogP contribution is -2.58. The van der Waals surface area contributed by atoms with Crippen LogP contribution in [-0.4, -0.2) is 29.7 Å². The lowest BCUT2D eigenvalue weighted by molar-refractivity contribution is -0.134. The molecule has 3 unspecified atom stereocenters. The van der Waals surface area contributed by atoms with E-state index in [-0.39, 0.29) is 18.0 Å². The molecule has 0 saturated carbocycles. The first-order chi connectivity index (χ1) is 6.71. The van der Waals surface area contributed by atoms with Gasteiger partial charge in [0.05, 0.1) is 12.2 Å². The maximum absolute atomic E-state index is 11.7. The van der Waals surface area contributed by atoms with Crippen LogP contribution in [0.15, 0.2) is 0 Å². The van der Waals surface area contributed by atoms with Gasteiger partial charge in [-0.05, 0) is 25.7 Å². The van der Waals surface area contributed by atoms with Gasteiger partial charge in [0.25, 0.3) is 5.91 Å². The highest BCUT2D eigenvalue weighted by molar-refractivity contribution is 6.07. The average molecular weight is 196 g/mol. The quantitative estimate of drug-likeness (QED) is 0.532. The molecule has 2 bridgehead atoms. The number of urea groups is 1. The molecular weight excluding hydrogens is 184 g/mol. The van der Waals surface area contributed by atoms with Crippen LogP contribution in [-0.2, 0) is 9.53 Å². The molecule has 3 fully saturated rings. The molecule has 3 atom stereocenters. The van der Waals surface area contributed by atoms with Crippen molar-refractivity contribution in [3.63, 3.8) is 0 Å². The molecule has 3 aliphatic heterocycles. The predicted molar refractivity (Wildman–Crippen MR) is 46.5 cm³/mol. The van der Waals surface area contributed by atoms with Crippen LogP contribution in [0.2, 0.25) is 0 Å². The molecule has 3 aliphatic rings. The summed E-state index contributed by atoms with van der Waals surface area (Å²) < 4.78 is 5.68. The third-order valence-electron chi connectivity index (χ3n) is 3.49. The summed E-state index contributed by atoms with van der Waals surface area (Å²) in [5.74, 6) is -0.215. The van der Waals surface area contributed by atoms with E-state index in [1.165, 1.54) is 0 Å². The fourth-order valence-corrected chi connectivity index (χ4v) is 2.74. The van der Waals surface area contributed by atoms with Gasteiger partial charge in [-0.3, -0.25) is 10.1 Å². The molecule has 0 aromatic carbocycles. The highest BCUT2D eigenvalue weighted by atomic mass is 16.5. The Labute approximate surface area is 81.2 Å². The van der Waals surface area contributed by atoms with Crippen LogP contribution >= 0.6 is 0 Å². The van der Waals surface area contributed by atoms with E-state index in [0.717, 1.165) is 19.3 Å². The Morgan fingerprint density at radius 2 is 2.14 bits per heavy atom. The molecule has 5 nitrogen and oxygen atoms in total. The summed E-state index contributed by atoms with van der Waals surface area (Å²) in [6, 6.07) is -0.385. The molecule has 3 rings (SSSR count). The summed E-state index contributed by atoms with van der Waals surface area (Å²) in [5, 5.41) is 5.01. The zero-order chi connectivity index (χ0) is 9.76. The maximum Gasteiger partial charge on any atom is 0.322 e. The number of carbonyl (C=O) groups is 2. The number of amides is 3. The third kappa shape index (κ3) is 0.877. The zero-order valence-corrected chi connectivity index (χ0v) is 7.71. The van der Waals surface area contributed by atoms with Crippen LogP contribution < -0.4 is 10.6 Å². The van der Waals surface area contributed by atoms with Crippen molar-refractivity contribution in [3.05, 3.63) is 0 Å². The minimum atomic E-state index is -0.760. The van der Waals surface area contributed by atoms with Crippen molar-refractivity contribution in [2.24, 2.45) is 0 Å². The smallest absolute Gasteiger partial charge is 0.322 e. The molecular formula is C9H12N2O3. The van der Waals surface area contributed by atoms with Crippen LogP contribution in [0.5, 0.6) is 0 Å². The number of fused-ring (bicyclic) bond motifs is 3. The molecule has 0 aromatic heterocycles. The van der Waals surface area contributed by atoms with Crippen molar-refractivity contribution in [1.82, 2.24) is 10.6 Å². The topological polar surface area (TPSA) is 67.4 Å². The molecule has 2 N–H and O–H groups in total. The van der Waals surface area contributed by atoms with E-state index < -0.39 is 5.54 Å². The Balaban J connectivity index is 1.95. The van der Waals surface area contributed by atoms with Gasteiger partial charge < -0.3 is 10.1 Å². The first kappa shape index (κ1) is 8.23.